The fourth-order valence-electron chi connectivity index (χ4n) is 1.06. The molecule has 15 heavy (non-hydrogen) atoms. The van der Waals surface area contributed by atoms with Crippen LogP contribution in [0.3, 0.4) is 0 Å². The molecular formula is C10H8ClN3S. The second-order valence-electron chi connectivity index (χ2n) is 2.81. The first-order valence-corrected chi connectivity index (χ1v) is 5.44. The average Bonchev–Trinajstić information content (AvgIpc) is 2.26. The third-order valence-corrected chi connectivity index (χ3v) is 3.26. The highest BCUT2D eigenvalue weighted by Gasteiger charge is 2.05. The molecule has 1 heterocycles. The van der Waals surface area contributed by atoms with Crippen LogP contribution in [0.25, 0.3) is 0 Å². The number of halogens is 1. The van der Waals surface area contributed by atoms with E-state index in [1.807, 2.05) is 12.1 Å². The molecule has 0 amide bonds. The van der Waals surface area contributed by atoms with Gasteiger partial charge in [-0.3, -0.25) is 4.98 Å². The van der Waals surface area contributed by atoms with E-state index in [-0.39, 0.29) is 0 Å². The van der Waals surface area contributed by atoms with Crippen molar-refractivity contribution in [3.63, 3.8) is 0 Å². The highest BCUT2D eigenvalue weighted by atomic mass is 35.5. The minimum atomic E-state index is 0.563. The summed E-state index contributed by atoms with van der Waals surface area (Å²) < 4.78 is 0. The van der Waals surface area contributed by atoms with Crippen LogP contribution in [0.1, 0.15) is 0 Å². The molecule has 0 unspecified atom stereocenters. The third-order valence-electron chi connectivity index (χ3n) is 1.75. The second-order valence-corrected chi connectivity index (χ2v) is 4.25. The van der Waals surface area contributed by atoms with Gasteiger partial charge in [0.15, 0.2) is 0 Å². The summed E-state index contributed by atoms with van der Waals surface area (Å²) in [4.78, 5) is 9.01. The molecule has 0 fully saturated rings. The normalized spacial score (nSPS) is 10.2. The Kier molecular flexibility index (Phi) is 3.08. The molecule has 0 aliphatic carbocycles. The maximum atomic E-state index is 6.05. The highest BCUT2D eigenvalue weighted by Crippen LogP contribution is 2.34. The Labute approximate surface area is 96.7 Å². The van der Waals surface area contributed by atoms with E-state index in [0.717, 1.165) is 9.92 Å². The van der Waals surface area contributed by atoms with E-state index in [1.165, 1.54) is 11.8 Å². The van der Waals surface area contributed by atoms with Crippen LogP contribution in [0, 0.1) is 0 Å². The molecule has 2 N–H and O–H groups in total. The summed E-state index contributed by atoms with van der Waals surface area (Å²) in [7, 11) is 0. The molecule has 0 bridgehead atoms. The van der Waals surface area contributed by atoms with Gasteiger partial charge >= 0.3 is 0 Å². The number of aromatic nitrogens is 2. The van der Waals surface area contributed by atoms with Crippen LogP contribution in [0.2, 0.25) is 5.02 Å². The van der Waals surface area contributed by atoms with Crippen LogP contribution >= 0.6 is 23.4 Å². The predicted octanol–water partition coefficient (Wildman–Crippen LogP) is 2.86. The maximum absolute atomic E-state index is 6.05. The summed E-state index contributed by atoms with van der Waals surface area (Å²) in [6.07, 6.45) is 4.96. The Morgan fingerprint density at radius 3 is 2.87 bits per heavy atom. The van der Waals surface area contributed by atoms with E-state index < -0.39 is 0 Å². The number of rotatable bonds is 2. The zero-order valence-electron chi connectivity index (χ0n) is 7.72. The largest absolute Gasteiger partial charge is 0.397 e. The lowest BCUT2D eigenvalue weighted by atomic mass is 10.3. The van der Waals surface area contributed by atoms with Crippen LogP contribution in [-0.2, 0) is 0 Å². The van der Waals surface area contributed by atoms with Crippen LogP contribution in [0.15, 0.2) is 46.7 Å². The number of hydrogen-bond donors (Lipinski definition) is 1. The topological polar surface area (TPSA) is 51.8 Å². The van der Waals surface area contributed by atoms with Crippen molar-refractivity contribution in [3.8, 4) is 0 Å². The van der Waals surface area contributed by atoms with Crippen molar-refractivity contribution in [2.24, 2.45) is 0 Å². The van der Waals surface area contributed by atoms with Crippen LogP contribution in [0.5, 0.6) is 0 Å². The molecule has 0 saturated carbocycles. The van der Waals surface area contributed by atoms with Gasteiger partial charge in [0.1, 0.15) is 5.03 Å². The number of nitrogens with zero attached hydrogens (tertiary/aromatic N) is 2. The standard InChI is InChI=1S/C10H8ClN3S/c11-10-7(12)2-1-3-8(10)15-9-6-13-4-5-14-9/h1-6H,12H2. The summed E-state index contributed by atoms with van der Waals surface area (Å²) in [5, 5.41) is 1.36. The van der Waals surface area contributed by atoms with Crippen molar-refractivity contribution >= 4 is 29.1 Å². The molecule has 5 heteroatoms. The molecule has 2 aromatic rings. The predicted molar refractivity (Wildman–Crippen MR) is 62.0 cm³/mol. The summed E-state index contributed by atoms with van der Waals surface area (Å²) >= 11 is 7.49. The van der Waals surface area contributed by atoms with E-state index in [1.54, 1.807) is 24.7 Å². The van der Waals surface area contributed by atoms with Gasteiger partial charge in [0.2, 0.25) is 0 Å². The lowest BCUT2D eigenvalue weighted by Gasteiger charge is -2.04. The first-order valence-electron chi connectivity index (χ1n) is 4.25. The summed E-state index contributed by atoms with van der Waals surface area (Å²) in [5.74, 6) is 0. The van der Waals surface area contributed by atoms with Gasteiger partial charge in [-0.05, 0) is 12.1 Å². The van der Waals surface area contributed by atoms with Gasteiger partial charge in [0.25, 0.3) is 0 Å². The molecule has 76 valence electrons. The zero-order valence-corrected chi connectivity index (χ0v) is 9.29. The molecule has 0 radical (unpaired) electrons. The molecule has 0 atom stereocenters. The first-order chi connectivity index (χ1) is 7.27. The minimum absolute atomic E-state index is 0.563. The van der Waals surface area contributed by atoms with E-state index >= 15 is 0 Å². The minimum Gasteiger partial charge on any atom is -0.397 e. The number of benzene rings is 1. The van der Waals surface area contributed by atoms with Crippen LogP contribution < -0.4 is 5.73 Å². The van der Waals surface area contributed by atoms with Crippen molar-refractivity contribution in [1.82, 2.24) is 9.97 Å². The smallest absolute Gasteiger partial charge is 0.119 e. The van der Waals surface area contributed by atoms with Crippen LogP contribution in [-0.4, -0.2) is 9.97 Å². The van der Waals surface area contributed by atoms with E-state index in [2.05, 4.69) is 9.97 Å². The van der Waals surface area contributed by atoms with Crippen molar-refractivity contribution in [3.05, 3.63) is 41.8 Å². The molecular weight excluding hydrogens is 230 g/mol. The van der Waals surface area contributed by atoms with Gasteiger partial charge in [-0.25, -0.2) is 4.98 Å². The van der Waals surface area contributed by atoms with Crippen molar-refractivity contribution in [2.75, 3.05) is 5.73 Å². The fourth-order valence-corrected chi connectivity index (χ4v) is 2.11. The molecule has 0 aliphatic heterocycles. The van der Waals surface area contributed by atoms with Gasteiger partial charge in [-0.1, -0.05) is 29.4 Å². The summed E-state index contributed by atoms with van der Waals surface area (Å²) in [6, 6.07) is 5.53. The Hall–Kier alpha value is -1.26. The highest BCUT2D eigenvalue weighted by molar-refractivity contribution is 7.99. The van der Waals surface area contributed by atoms with Gasteiger partial charge in [0.05, 0.1) is 16.9 Å². The van der Waals surface area contributed by atoms with Gasteiger partial charge < -0.3 is 5.73 Å². The number of nitrogen functional groups attached to an aromatic ring is 1. The van der Waals surface area contributed by atoms with Crippen molar-refractivity contribution in [1.29, 1.82) is 0 Å². The molecule has 1 aromatic heterocycles. The van der Waals surface area contributed by atoms with Gasteiger partial charge in [0, 0.05) is 17.3 Å². The summed E-state index contributed by atoms with van der Waals surface area (Å²) in [6.45, 7) is 0. The Morgan fingerprint density at radius 2 is 2.13 bits per heavy atom. The molecule has 0 spiro atoms. The van der Waals surface area contributed by atoms with Gasteiger partial charge in [-0.2, -0.15) is 0 Å². The lowest BCUT2D eigenvalue weighted by Crippen LogP contribution is -1.87. The van der Waals surface area contributed by atoms with Crippen LogP contribution in [0.4, 0.5) is 5.69 Å². The van der Waals surface area contributed by atoms with Crippen molar-refractivity contribution in [2.45, 2.75) is 9.92 Å². The molecule has 1 aromatic carbocycles. The van der Waals surface area contributed by atoms with E-state index in [0.29, 0.717) is 10.7 Å². The monoisotopic (exact) mass is 237 g/mol. The fraction of sp³-hybridized carbons (Fsp3) is 0. The second kappa shape index (κ2) is 4.51. The number of anilines is 1. The average molecular weight is 238 g/mol. The Balaban J connectivity index is 2.29. The number of hydrogen-bond acceptors (Lipinski definition) is 4. The molecule has 0 aliphatic rings. The quantitative estimate of drug-likeness (QED) is 0.816. The SMILES string of the molecule is Nc1cccc(Sc2cnccn2)c1Cl. The Bertz CT molecular complexity index is 461. The number of nitrogens with two attached hydrogens (primary N) is 1. The summed E-state index contributed by atoms with van der Waals surface area (Å²) in [5.41, 5.74) is 6.27. The molecule has 2 rings (SSSR count). The first kappa shape index (κ1) is 10.3. The maximum Gasteiger partial charge on any atom is 0.119 e. The zero-order chi connectivity index (χ0) is 10.7. The van der Waals surface area contributed by atoms with E-state index in [4.69, 9.17) is 17.3 Å². The third kappa shape index (κ3) is 2.40. The van der Waals surface area contributed by atoms with Gasteiger partial charge in [-0.15, -0.1) is 0 Å². The molecule has 0 saturated heterocycles. The lowest BCUT2D eigenvalue weighted by molar-refractivity contribution is 1.05. The Morgan fingerprint density at radius 1 is 1.27 bits per heavy atom. The molecule has 3 nitrogen and oxygen atoms in total. The van der Waals surface area contributed by atoms with E-state index in [9.17, 15) is 0 Å². The van der Waals surface area contributed by atoms with Crippen molar-refractivity contribution < 1.29 is 0 Å².